The lowest BCUT2D eigenvalue weighted by atomic mass is 9.86. The van der Waals surface area contributed by atoms with Crippen molar-refractivity contribution in [3.63, 3.8) is 0 Å². The summed E-state index contributed by atoms with van der Waals surface area (Å²) in [7, 11) is 0. The van der Waals surface area contributed by atoms with E-state index in [-0.39, 0.29) is 29.1 Å². The molecule has 0 bridgehead atoms. The average molecular weight is 639 g/mol. The number of carboxylic acids is 1. The number of aliphatic carboxylic acids is 1. The molecular formula is C37H42N4O4S. The summed E-state index contributed by atoms with van der Waals surface area (Å²) < 4.78 is 0. The number of thiophene rings is 1. The summed E-state index contributed by atoms with van der Waals surface area (Å²) >= 11 is 1.40. The molecular weight excluding hydrogens is 596 g/mol. The van der Waals surface area contributed by atoms with Gasteiger partial charge < -0.3 is 15.3 Å². The Morgan fingerprint density at radius 3 is 2.07 bits per heavy atom. The van der Waals surface area contributed by atoms with Gasteiger partial charge in [-0.15, -0.1) is 11.3 Å². The maximum Gasteiger partial charge on any atom is 0.326 e. The number of carbonyl (C=O) groups is 3. The average Bonchev–Trinajstić information content (AvgIpc) is 3.72. The minimum atomic E-state index is -1.03. The van der Waals surface area contributed by atoms with Crippen molar-refractivity contribution in [2.24, 2.45) is 0 Å². The first-order chi connectivity index (χ1) is 21.7. The number of benzene rings is 2. The molecule has 9 heteroatoms. The Balaban J connectivity index is 1.33. The lowest BCUT2D eigenvalue weighted by Crippen LogP contribution is -2.52. The molecule has 0 unspecified atom stereocenters. The highest BCUT2D eigenvalue weighted by molar-refractivity contribution is 7.14. The SMILES string of the molecule is CC(C)(C)c1ccc(-c2cnc(-c3ccc(C[C@H](NC(=O)c4ccc(C(C)(C)C)s4)C(=O)N4CCC[C@@H]4C(=O)O)cc3)nc2)cc1. The Bertz CT molecular complexity index is 1700. The Morgan fingerprint density at radius 1 is 0.870 bits per heavy atom. The summed E-state index contributed by atoms with van der Waals surface area (Å²) in [4.78, 5) is 51.1. The highest BCUT2D eigenvalue weighted by Gasteiger charge is 2.38. The quantitative estimate of drug-likeness (QED) is 0.218. The second-order valence-electron chi connectivity index (χ2n) is 14.0. The molecule has 4 aromatic rings. The predicted octanol–water partition coefficient (Wildman–Crippen LogP) is 6.88. The number of carboxylic acid groups (broad SMARTS) is 1. The number of amides is 2. The van der Waals surface area contributed by atoms with Crippen molar-refractivity contribution < 1.29 is 19.5 Å². The van der Waals surface area contributed by atoms with Gasteiger partial charge in [-0.3, -0.25) is 9.59 Å². The Morgan fingerprint density at radius 2 is 1.50 bits per heavy atom. The molecule has 2 aromatic heterocycles. The van der Waals surface area contributed by atoms with Gasteiger partial charge in [0.05, 0.1) is 4.88 Å². The predicted molar refractivity (Wildman–Crippen MR) is 182 cm³/mol. The van der Waals surface area contributed by atoms with E-state index in [1.807, 2.05) is 42.7 Å². The normalized spacial score (nSPS) is 15.9. The third-order valence-electron chi connectivity index (χ3n) is 8.38. The number of nitrogens with zero attached hydrogens (tertiary/aromatic N) is 3. The molecule has 46 heavy (non-hydrogen) atoms. The van der Waals surface area contributed by atoms with Crippen LogP contribution in [0.4, 0.5) is 0 Å². The van der Waals surface area contributed by atoms with E-state index in [9.17, 15) is 19.5 Å². The molecule has 0 radical (unpaired) electrons. The second kappa shape index (κ2) is 13.2. The summed E-state index contributed by atoms with van der Waals surface area (Å²) in [6.45, 7) is 13.2. The van der Waals surface area contributed by atoms with Crippen LogP contribution in [-0.2, 0) is 26.8 Å². The molecule has 2 N–H and O–H groups in total. The van der Waals surface area contributed by atoms with Gasteiger partial charge in [0.2, 0.25) is 5.91 Å². The van der Waals surface area contributed by atoms with Gasteiger partial charge in [0, 0.05) is 41.4 Å². The van der Waals surface area contributed by atoms with Gasteiger partial charge in [-0.05, 0) is 52.5 Å². The van der Waals surface area contributed by atoms with Crippen molar-refractivity contribution in [3.8, 4) is 22.5 Å². The van der Waals surface area contributed by atoms with Crippen molar-refractivity contribution in [2.45, 2.75) is 83.7 Å². The summed E-state index contributed by atoms with van der Waals surface area (Å²) in [5.41, 5.74) is 4.87. The van der Waals surface area contributed by atoms with E-state index >= 15 is 0 Å². The van der Waals surface area contributed by atoms with Crippen LogP contribution in [0.5, 0.6) is 0 Å². The zero-order valence-corrected chi connectivity index (χ0v) is 28.1. The van der Waals surface area contributed by atoms with Gasteiger partial charge in [0.1, 0.15) is 12.1 Å². The van der Waals surface area contributed by atoms with E-state index in [1.54, 1.807) is 6.07 Å². The number of nitrogens with one attached hydrogen (secondary N) is 1. The van der Waals surface area contributed by atoms with Crippen LogP contribution in [-0.4, -0.2) is 56.4 Å². The highest BCUT2D eigenvalue weighted by Crippen LogP contribution is 2.30. The molecule has 2 aromatic carbocycles. The van der Waals surface area contributed by atoms with Crippen molar-refractivity contribution in [1.29, 1.82) is 0 Å². The first kappa shape index (κ1) is 33.0. The van der Waals surface area contributed by atoms with Gasteiger partial charge in [0.25, 0.3) is 5.91 Å². The molecule has 1 fully saturated rings. The number of rotatable bonds is 8. The Hall–Kier alpha value is -4.37. The molecule has 3 heterocycles. The van der Waals surface area contributed by atoms with E-state index in [0.29, 0.717) is 30.1 Å². The van der Waals surface area contributed by atoms with Crippen LogP contribution in [0.1, 0.15) is 80.1 Å². The Labute approximate surface area is 274 Å². The van der Waals surface area contributed by atoms with Crippen molar-refractivity contribution in [1.82, 2.24) is 20.2 Å². The van der Waals surface area contributed by atoms with Crippen molar-refractivity contribution in [3.05, 3.63) is 93.9 Å². The van der Waals surface area contributed by atoms with Gasteiger partial charge >= 0.3 is 5.97 Å². The largest absolute Gasteiger partial charge is 0.480 e. The lowest BCUT2D eigenvalue weighted by Gasteiger charge is -2.27. The highest BCUT2D eigenvalue weighted by atomic mass is 32.1. The summed E-state index contributed by atoms with van der Waals surface area (Å²) in [6, 6.07) is 17.9. The van der Waals surface area contributed by atoms with E-state index in [0.717, 1.165) is 27.1 Å². The van der Waals surface area contributed by atoms with Crippen LogP contribution in [0, 0.1) is 0 Å². The summed E-state index contributed by atoms with van der Waals surface area (Å²) in [6.07, 6.45) is 4.86. The van der Waals surface area contributed by atoms with Gasteiger partial charge in [0.15, 0.2) is 5.82 Å². The number of carbonyl (C=O) groups excluding carboxylic acids is 2. The fraction of sp³-hybridized carbons (Fsp3) is 0.378. The lowest BCUT2D eigenvalue weighted by molar-refractivity contribution is -0.148. The summed E-state index contributed by atoms with van der Waals surface area (Å²) in [5, 5.41) is 12.6. The molecule has 8 nitrogen and oxygen atoms in total. The maximum absolute atomic E-state index is 13.7. The molecule has 2 amide bonds. The maximum atomic E-state index is 13.7. The summed E-state index contributed by atoms with van der Waals surface area (Å²) in [5.74, 6) is -1.18. The fourth-order valence-corrected chi connectivity index (χ4v) is 6.56. The monoisotopic (exact) mass is 638 g/mol. The molecule has 1 aliphatic rings. The number of likely N-dealkylation sites (tertiary alicyclic amines) is 1. The zero-order chi connectivity index (χ0) is 33.2. The fourth-order valence-electron chi connectivity index (χ4n) is 5.59. The second-order valence-corrected chi connectivity index (χ2v) is 15.1. The molecule has 0 saturated carbocycles. The zero-order valence-electron chi connectivity index (χ0n) is 27.3. The van der Waals surface area contributed by atoms with Crippen LogP contribution >= 0.6 is 11.3 Å². The third kappa shape index (κ3) is 7.53. The smallest absolute Gasteiger partial charge is 0.326 e. The molecule has 5 rings (SSSR count). The molecule has 2 atom stereocenters. The number of hydrogen-bond donors (Lipinski definition) is 2. The molecule has 0 spiro atoms. The minimum absolute atomic E-state index is 0.0826. The number of aromatic nitrogens is 2. The van der Waals surface area contributed by atoms with Gasteiger partial charge in [-0.2, -0.15) is 0 Å². The number of hydrogen-bond acceptors (Lipinski definition) is 6. The van der Waals surface area contributed by atoms with Crippen LogP contribution < -0.4 is 5.32 Å². The molecule has 1 saturated heterocycles. The van der Waals surface area contributed by atoms with Gasteiger partial charge in [-0.1, -0.05) is 90.1 Å². The molecule has 0 aliphatic carbocycles. The topological polar surface area (TPSA) is 112 Å². The minimum Gasteiger partial charge on any atom is -0.480 e. The van der Waals surface area contributed by atoms with Crippen molar-refractivity contribution in [2.75, 3.05) is 6.54 Å². The first-order valence-electron chi connectivity index (χ1n) is 15.7. The van der Waals surface area contributed by atoms with E-state index < -0.39 is 18.1 Å². The van der Waals surface area contributed by atoms with E-state index in [1.165, 1.54) is 21.8 Å². The molecule has 240 valence electrons. The molecule has 1 aliphatic heterocycles. The van der Waals surface area contributed by atoms with Crippen LogP contribution in [0.2, 0.25) is 0 Å². The third-order valence-corrected chi connectivity index (χ3v) is 9.89. The van der Waals surface area contributed by atoms with Gasteiger partial charge in [-0.25, -0.2) is 14.8 Å². The van der Waals surface area contributed by atoms with Crippen LogP contribution in [0.25, 0.3) is 22.5 Å². The van der Waals surface area contributed by atoms with E-state index in [4.69, 9.17) is 0 Å². The van der Waals surface area contributed by atoms with Crippen LogP contribution in [0.15, 0.2) is 73.1 Å². The Kier molecular flexibility index (Phi) is 9.44. The first-order valence-corrected chi connectivity index (χ1v) is 16.5. The van der Waals surface area contributed by atoms with E-state index in [2.05, 4.69) is 81.1 Å². The standard InChI is InChI=1S/C37H42N4O4S/c1-36(2,3)27-15-13-24(14-16-27)26-21-38-32(39-22-26)25-11-9-23(10-12-25)20-28(34(43)41-19-7-8-29(41)35(44)45)40-33(42)30-17-18-31(46-30)37(4,5)6/h9-18,21-22,28-29H,7-8,19-20H2,1-6H3,(H,40,42)(H,44,45)/t28-,29+/m0/s1. The van der Waals surface area contributed by atoms with Crippen molar-refractivity contribution >= 4 is 29.1 Å². The van der Waals surface area contributed by atoms with Crippen LogP contribution in [0.3, 0.4) is 0 Å².